The molecule has 0 radical (unpaired) electrons. The van der Waals surface area contributed by atoms with Crippen LogP contribution in [0.1, 0.15) is 26.7 Å². The molecule has 0 spiro atoms. The maximum atomic E-state index is 6.07. The Morgan fingerprint density at radius 2 is 1.79 bits per heavy atom. The van der Waals surface area contributed by atoms with E-state index in [9.17, 15) is 0 Å². The smallest absolute Gasteiger partial charge is 0.0594 e. The van der Waals surface area contributed by atoms with Crippen LogP contribution < -0.4 is 5.73 Å². The molecular formula is C10H22N2OZn. The van der Waals surface area contributed by atoms with Crippen molar-refractivity contribution in [2.24, 2.45) is 11.7 Å². The fraction of sp³-hybridized carbons (Fsp3) is 1.00. The Labute approximate surface area is 100 Å². The molecule has 1 saturated heterocycles. The monoisotopic (exact) mass is 250 g/mol. The van der Waals surface area contributed by atoms with Gasteiger partial charge in [0.05, 0.1) is 19.4 Å². The summed E-state index contributed by atoms with van der Waals surface area (Å²) in [6, 6.07) is 0. The van der Waals surface area contributed by atoms with Gasteiger partial charge in [0, 0.05) is 32.6 Å². The molecule has 0 bridgehead atoms. The fourth-order valence-electron chi connectivity index (χ4n) is 1.60. The Bertz CT molecular complexity index is 138. The molecule has 80 valence electrons. The Balaban J connectivity index is 0.00000169. The molecule has 1 aliphatic rings. The first-order valence-electron chi connectivity index (χ1n) is 5.27. The SMILES string of the molecule is CC(C)CCC(N)N1CCOCC1.[Zn]. The Hall–Kier alpha value is 0.503. The topological polar surface area (TPSA) is 38.5 Å². The van der Waals surface area contributed by atoms with Crippen molar-refractivity contribution in [1.29, 1.82) is 0 Å². The summed E-state index contributed by atoms with van der Waals surface area (Å²) in [6.07, 6.45) is 2.57. The van der Waals surface area contributed by atoms with Crippen molar-refractivity contribution in [1.82, 2.24) is 4.90 Å². The normalized spacial score (nSPS) is 20.6. The molecule has 0 aromatic rings. The number of rotatable bonds is 4. The number of nitrogens with two attached hydrogens (primary N) is 1. The van der Waals surface area contributed by atoms with Gasteiger partial charge in [-0.3, -0.25) is 4.90 Å². The summed E-state index contributed by atoms with van der Waals surface area (Å²) in [4.78, 5) is 2.33. The van der Waals surface area contributed by atoms with E-state index in [0.29, 0.717) is 0 Å². The van der Waals surface area contributed by atoms with E-state index in [1.165, 1.54) is 6.42 Å². The van der Waals surface area contributed by atoms with Crippen LogP contribution in [0.2, 0.25) is 0 Å². The quantitative estimate of drug-likeness (QED) is 0.759. The van der Waals surface area contributed by atoms with Gasteiger partial charge in [0.15, 0.2) is 0 Å². The second-order valence-corrected chi connectivity index (χ2v) is 4.19. The summed E-state index contributed by atoms with van der Waals surface area (Å²) in [6.45, 7) is 8.17. The second kappa shape index (κ2) is 7.75. The third kappa shape index (κ3) is 5.40. The first kappa shape index (κ1) is 14.5. The van der Waals surface area contributed by atoms with Gasteiger partial charge in [0.1, 0.15) is 0 Å². The third-order valence-electron chi connectivity index (χ3n) is 2.55. The molecule has 2 N–H and O–H groups in total. The zero-order chi connectivity index (χ0) is 9.68. The number of hydrogen-bond acceptors (Lipinski definition) is 3. The summed E-state index contributed by atoms with van der Waals surface area (Å²) in [5, 5.41) is 0. The van der Waals surface area contributed by atoms with Crippen LogP contribution in [-0.4, -0.2) is 37.4 Å². The van der Waals surface area contributed by atoms with Crippen molar-refractivity contribution < 1.29 is 24.2 Å². The minimum absolute atomic E-state index is 0. The van der Waals surface area contributed by atoms with Crippen molar-refractivity contribution in [2.75, 3.05) is 26.3 Å². The molecule has 1 rings (SSSR count). The minimum Gasteiger partial charge on any atom is -0.379 e. The Morgan fingerprint density at radius 3 is 2.29 bits per heavy atom. The molecule has 0 aliphatic carbocycles. The van der Waals surface area contributed by atoms with E-state index in [4.69, 9.17) is 10.5 Å². The molecule has 3 nitrogen and oxygen atoms in total. The zero-order valence-corrected chi connectivity index (χ0v) is 12.5. The van der Waals surface area contributed by atoms with E-state index in [-0.39, 0.29) is 25.6 Å². The number of hydrogen-bond donors (Lipinski definition) is 1. The maximum Gasteiger partial charge on any atom is 0.0594 e. The third-order valence-corrected chi connectivity index (χ3v) is 2.55. The van der Waals surface area contributed by atoms with E-state index >= 15 is 0 Å². The number of nitrogens with zero attached hydrogens (tertiary/aromatic N) is 1. The van der Waals surface area contributed by atoms with Gasteiger partial charge in [-0.25, -0.2) is 0 Å². The van der Waals surface area contributed by atoms with Crippen molar-refractivity contribution in [2.45, 2.75) is 32.9 Å². The van der Waals surface area contributed by atoms with Crippen LogP contribution in [0.15, 0.2) is 0 Å². The van der Waals surface area contributed by atoms with Crippen LogP contribution >= 0.6 is 0 Å². The van der Waals surface area contributed by atoms with E-state index in [2.05, 4.69) is 18.7 Å². The Morgan fingerprint density at radius 1 is 1.21 bits per heavy atom. The molecule has 1 unspecified atom stereocenters. The molecule has 14 heavy (non-hydrogen) atoms. The van der Waals surface area contributed by atoms with Gasteiger partial charge in [0.25, 0.3) is 0 Å². The average Bonchev–Trinajstić information content (AvgIpc) is 2.15. The van der Waals surface area contributed by atoms with E-state index in [1.807, 2.05) is 0 Å². The van der Waals surface area contributed by atoms with Crippen LogP contribution in [0.4, 0.5) is 0 Å². The van der Waals surface area contributed by atoms with Gasteiger partial charge in [-0.05, 0) is 18.8 Å². The number of ether oxygens (including phenoxy) is 1. The van der Waals surface area contributed by atoms with E-state index in [0.717, 1.165) is 38.6 Å². The van der Waals surface area contributed by atoms with Gasteiger partial charge < -0.3 is 10.5 Å². The van der Waals surface area contributed by atoms with Gasteiger partial charge in [-0.1, -0.05) is 13.8 Å². The summed E-state index contributed by atoms with van der Waals surface area (Å²) in [5.41, 5.74) is 6.07. The fourth-order valence-corrected chi connectivity index (χ4v) is 1.60. The van der Waals surface area contributed by atoms with E-state index in [1.54, 1.807) is 0 Å². The van der Waals surface area contributed by atoms with Crippen LogP contribution in [0.5, 0.6) is 0 Å². The van der Waals surface area contributed by atoms with E-state index < -0.39 is 0 Å². The van der Waals surface area contributed by atoms with Crippen molar-refractivity contribution in [3.63, 3.8) is 0 Å². The Kier molecular flexibility index (Phi) is 8.03. The first-order valence-corrected chi connectivity index (χ1v) is 5.27. The minimum atomic E-state index is 0. The second-order valence-electron chi connectivity index (χ2n) is 4.19. The largest absolute Gasteiger partial charge is 0.379 e. The van der Waals surface area contributed by atoms with Crippen LogP contribution in [0.25, 0.3) is 0 Å². The summed E-state index contributed by atoms with van der Waals surface area (Å²) < 4.78 is 5.28. The summed E-state index contributed by atoms with van der Waals surface area (Å²) >= 11 is 0. The van der Waals surface area contributed by atoms with Crippen LogP contribution in [0, 0.1) is 5.92 Å². The zero-order valence-electron chi connectivity index (χ0n) is 9.54. The molecule has 0 aromatic heterocycles. The molecular weight excluding hydrogens is 230 g/mol. The average molecular weight is 252 g/mol. The van der Waals surface area contributed by atoms with Crippen molar-refractivity contribution >= 4 is 0 Å². The predicted molar refractivity (Wildman–Crippen MR) is 54.4 cm³/mol. The van der Waals surface area contributed by atoms with Crippen LogP contribution in [-0.2, 0) is 24.2 Å². The molecule has 1 heterocycles. The van der Waals surface area contributed by atoms with Gasteiger partial charge in [-0.15, -0.1) is 0 Å². The molecule has 1 fully saturated rings. The molecule has 1 aliphatic heterocycles. The van der Waals surface area contributed by atoms with Crippen molar-refractivity contribution in [3.8, 4) is 0 Å². The van der Waals surface area contributed by atoms with Gasteiger partial charge in [0.2, 0.25) is 0 Å². The molecule has 0 amide bonds. The maximum absolute atomic E-state index is 6.07. The summed E-state index contributed by atoms with van der Waals surface area (Å²) in [7, 11) is 0. The van der Waals surface area contributed by atoms with Crippen LogP contribution in [0.3, 0.4) is 0 Å². The molecule has 0 saturated carbocycles. The van der Waals surface area contributed by atoms with Crippen molar-refractivity contribution in [3.05, 3.63) is 0 Å². The molecule has 0 aromatic carbocycles. The summed E-state index contributed by atoms with van der Waals surface area (Å²) in [5.74, 6) is 0.757. The molecule has 1 atom stereocenters. The van der Waals surface area contributed by atoms with Gasteiger partial charge in [-0.2, -0.15) is 0 Å². The number of morpholine rings is 1. The first-order chi connectivity index (χ1) is 6.20. The predicted octanol–water partition coefficient (Wildman–Crippen LogP) is 1.04. The van der Waals surface area contributed by atoms with Gasteiger partial charge >= 0.3 is 0 Å². The standard InChI is InChI=1S/C10H22N2O.Zn/c1-9(2)3-4-10(11)12-5-7-13-8-6-12;/h9-10H,3-8,11H2,1-2H3;. The molecule has 4 heteroatoms.